The van der Waals surface area contributed by atoms with Crippen LogP contribution in [0.3, 0.4) is 0 Å². The monoisotopic (exact) mass is 520 g/mol. The SMILES string of the molecule is CS(=O)(=O)Nc1cc(C(O)CN[C@H](CO)Cc2ccc(S(=O)(=O)c3ccccc3)cc2)ccc1O. The zero-order valence-electron chi connectivity index (χ0n) is 19.0. The van der Waals surface area contributed by atoms with Crippen LogP contribution in [0.1, 0.15) is 17.2 Å². The number of benzene rings is 3. The number of aromatic hydroxyl groups is 1. The highest BCUT2D eigenvalue weighted by atomic mass is 32.2. The van der Waals surface area contributed by atoms with Gasteiger partial charge in [-0.1, -0.05) is 36.4 Å². The van der Waals surface area contributed by atoms with E-state index in [-0.39, 0.29) is 34.4 Å². The summed E-state index contributed by atoms with van der Waals surface area (Å²) in [6, 6.07) is 18.2. The van der Waals surface area contributed by atoms with Gasteiger partial charge in [0.2, 0.25) is 19.9 Å². The molecule has 0 saturated heterocycles. The lowest BCUT2D eigenvalue weighted by atomic mass is 10.0. The zero-order valence-corrected chi connectivity index (χ0v) is 20.6. The molecule has 5 N–H and O–H groups in total. The van der Waals surface area contributed by atoms with Gasteiger partial charge in [-0.05, 0) is 53.9 Å². The molecule has 0 amide bonds. The van der Waals surface area contributed by atoms with Crippen LogP contribution in [0.4, 0.5) is 5.69 Å². The van der Waals surface area contributed by atoms with Crippen LogP contribution in [0.25, 0.3) is 0 Å². The summed E-state index contributed by atoms with van der Waals surface area (Å²) < 4.78 is 50.5. The van der Waals surface area contributed by atoms with Gasteiger partial charge in [0, 0.05) is 12.6 Å². The van der Waals surface area contributed by atoms with Gasteiger partial charge in [-0.3, -0.25) is 4.72 Å². The van der Waals surface area contributed by atoms with E-state index in [4.69, 9.17) is 0 Å². The van der Waals surface area contributed by atoms with Crippen molar-refractivity contribution in [3.05, 3.63) is 83.9 Å². The van der Waals surface area contributed by atoms with Crippen LogP contribution < -0.4 is 10.0 Å². The maximum Gasteiger partial charge on any atom is 0.229 e. The lowest BCUT2D eigenvalue weighted by Crippen LogP contribution is -2.37. The van der Waals surface area contributed by atoms with Gasteiger partial charge < -0.3 is 20.6 Å². The number of nitrogens with one attached hydrogen (secondary N) is 2. The maximum atomic E-state index is 12.7. The Kier molecular flexibility index (Phi) is 8.51. The molecular weight excluding hydrogens is 492 g/mol. The predicted molar refractivity (Wildman–Crippen MR) is 132 cm³/mol. The highest BCUT2D eigenvalue weighted by Gasteiger charge is 2.18. The highest BCUT2D eigenvalue weighted by Crippen LogP contribution is 2.28. The summed E-state index contributed by atoms with van der Waals surface area (Å²) in [6.07, 6.45) is 0.293. The van der Waals surface area contributed by atoms with Gasteiger partial charge in [0.25, 0.3) is 0 Å². The number of hydrogen-bond acceptors (Lipinski definition) is 8. The molecule has 3 aromatic rings. The lowest BCUT2D eigenvalue weighted by molar-refractivity contribution is 0.158. The van der Waals surface area contributed by atoms with Crippen molar-refractivity contribution in [1.29, 1.82) is 0 Å². The molecule has 11 heteroatoms. The van der Waals surface area contributed by atoms with Crippen molar-refractivity contribution in [1.82, 2.24) is 5.32 Å². The minimum atomic E-state index is -3.62. The van der Waals surface area contributed by atoms with Crippen LogP contribution >= 0.6 is 0 Å². The number of aliphatic hydroxyl groups excluding tert-OH is 2. The Hall–Kier alpha value is -2.96. The standard InChI is InChI=1S/C24H28N2O7S2/c1-34(30,31)26-22-14-18(9-12-23(22)28)24(29)15-25-19(16-27)13-17-7-10-21(11-8-17)35(32,33)20-5-3-2-4-6-20/h2-12,14,19,24-29H,13,15-16H2,1H3/t19-,24?/m0/s1. The van der Waals surface area contributed by atoms with Gasteiger partial charge in [0.15, 0.2) is 0 Å². The highest BCUT2D eigenvalue weighted by molar-refractivity contribution is 7.92. The van der Waals surface area contributed by atoms with E-state index in [0.29, 0.717) is 12.0 Å². The summed E-state index contributed by atoms with van der Waals surface area (Å²) >= 11 is 0. The molecule has 0 aromatic heterocycles. The number of hydrogen-bond donors (Lipinski definition) is 5. The first-order valence-corrected chi connectivity index (χ1v) is 14.1. The fourth-order valence-corrected chi connectivity index (χ4v) is 5.31. The molecule has 9 nitrogen and oxygen atoms in total. The Labute approximate surface area is 205 Å². The minimum absolute atomic E-state index is 0.0479. The van der Waals surface area contributed by atoms with Crippen molar-refractivity contribution in [3.63, 3.8) is 0 Å². The second-order valence-corrected chi connectivity index (χ2v) is 11.8. The van der Waals surface area contributed by atoms with E-state index in [1.54, 1.807) is 30.3 Å². The lowest BCUT2D eigenvalue weighted by Gasteiger charge is -2.20. The summed E-state index contributed by atoms with van der Waals surface area (Å²) in [5.41, 5.74) is 1.12. The van der Waals surface area contributed by atoms with Crippen molar-refractivity contribution in [2.45, 2.75) is 28.4 Å². The Morgan fingerprint density at radius 3 is 2.11 bits per heavy atom. The van der Waals surface area contributed by atoms with Crippen LogP contribution in [0.2, 0.25) is 0 Å². The molecule has 2 atom stereocenters. The molecule has 0 heterocycles. The van der Waals surface area contributed by atoms with E-state index < -0.39 is 32.0 Å². The molecule has 0 fully saturated rings. The molecule has 0 spiro atoms. The number of phenolic OH excluding ortho intramolecular Hbond substituents is 1. The average Bonchev–Trinajstić information content (AvgIpc) is 2.83. The molecule has 0 bridgehead atoms. The van der Waals surface area contributed by atoms with Gasteiger partial charge in [0.1, 0.15) is 5.75 Å². The number of phenols is 1. The van der Waals surface area contributed by atoms with E-state index in [1.165, 1.54) is 42.5 Å². The van der Waals surface area contributed by atoms with Crippen molar-refractivity contribution in [3.8, 4) is 5.75 Å². The molecule has 1 unspecified atom stereocenters. The predicted octanol–water partition coefficient (Wildman–Crippen LogP) is 1.82. The molecule has 35 heavy (non-hydrogen) atoms. The second-order valence-electron chi connectivity index (χ2n) is 8.12. The number of sulfone groups is 1. The van der Waals surface area contributed by atoms with Crippen LogP contribution in [0.15, 0.2) is 82.6 Å². The topological polar surface area (TPSA) is 153 Å². The van der Waals surface area contributed by atoms with E-state index in [1.807, 2.05) is 0 Å². The summed E-state index contributed by atoms with van der Waals surface area (Å²) in [4.78, 5) is 0.378. The first-order chi connectivity index (χ1) is 16.5. The molecule has 0 saturated carbocycles. The first kappa shape index (κ1) is 26.6. The second kappa shape index (κ2) is 11.2. The summed E-state index contributed by atoms with van der Waals surface area (Å²) in [6.45, 7) is -0.179. The molecule has 0 radical (unpaired) electrons. The van der Waals surface area contributed by atoms with Gasteiger partial charge in [0.05, 0.1) is 34.4 Å². The van der Waals surface area contributed by atoms with Crippen molar-refractivity contribution < 1.29 is 32.2 Å². The van der Waals surface area contributed by atoms with Crippen molar-refractivity contribution >= 4 is 25.5 Å². The number of anilines is 1. The van der Waals surface area contributed by atoms with E-state index >= 15 is 0 Å². The third-order valence-electron chi connectivity index (χ3n) is 5.29. The van der Waals surface area contributed by atoms with Crippen LogP contribution in [-0.2, 0) is 26.3 Å². The molecule has 0 aliphatic heterocycles. The van der Waals surface area contributed by atoms with Crippen molar-refractivity contribution in [2.24, 2.45) is 0 Å². The quantitative estimate of drug-likeness (QED) is 0.240. The number of rotatable bonds is 11. The number of aliphatic hydroxyl groups is 2. The van der Waals surface area contributed by atoms with Crippen molar-refractivity contribution in [2.75, 3.05) is 24.1 Å². The first-order valence-electron chi connectivity index (χ1n) is 10.7. The summed E-state index contributed by atoms with van der Waals surface area (Å²) in [7, 11) is -7.23. The van der Waals surface area contributed by atoms with E-state index in [2.05, 4.69) is 10.0 Å². The maximum absolute atomic E-state index is 12.7. The van der Waals surface area contributed by atoms with E-state index in [0.717, 1.165) is 11.8 Å². The summed E-state index contributed by atoms with van der Waals surface area (Å²) in [5.74, 6) is -0.273. The minimum Gasteiger partial charge on any atom is -0.506 e. The third-order valence-corrected chi connectivity index (χ3v) is 7.67. The molecular formula is C24H28N2O7S2. The van der Waals surface area contributed by atoms with Gasteiger partial charge in [-0.25, -0.2) is 16.8 Å². The average molecular weight is 521 g/mol. The molecule has 0 aliphatic carbocycles. The van der Waals surface area contributed by atoms with Crippen LogP contribution in [0.5, 0.6) is 5.75 Å². The smallest absolute Gasteiger partial charge is 0.229 e. The van der Waals surface area contributed by atoms with Crippen LogP contribution in [-0.4, -0.2) is 57.6 Å². The molecule has 3 rings (SSSR count). The van der Waals surface area contributed by atoms with Gasteiger partial charge in [-0.2, -0.15) is 0 Å². The largest absolute Gasteiger partial charge is 0.506 e. The van der Waals surface area contributed by atoms with Crippen LogP contribution in [0, 0.1) is 0 Å². The number of sulfonamides is 1. The molecule has 3 aromatic carbocycles. The summed E-state index contributed by atoms with van der Waals surface area (Å²) in [5, 5.41) is 33.2. The van der Waals surface area contributed by atoms with E-state index in [9.17, 15) is 32.2 Å². The Balaban J connectivity index is 1.63. The van der Waals surface area contributed by atoms with Gasteiger partial charge in [-0.15, -0.1) is 0 Å². The van der Waals surface area contributed by atoms with Gasteiger partial charge >= 0.3 is 0 Å². The zero-order chi connectivity index (χ0) is 25.6. The molecule has 0 aliphatic rings. The fourth-order valence-electron chi connectivity index (χ4n) is 3.46. The Morgan fingerprint density at radius 1 is 0.886 bits per heavy atom. The fraction of sp³-hybridized carbons (Fsp3) is 0.250. The Morgan fingerprint density at radius 2 is 1.51 bits per heavy atom. The normalized spacial score (nSPS) is 13.8. The Bertz CT molecular complexity index is 1340. The molecule has 188 valence electrons. The third kappa shape index (κ3) is 7.26.